The predicted octanol–water partition coefficient (Wildman–Crippen LogP) is 5.79. The monoisotopic (exact) mass is 597 g/mol. The van der Waals surface area contributed by atoms with E-state index in [4.69, 9.17) is 32.7 Å². The van der Waals surface area contributed by atoms with Gasteiger partial charge in [0.05, 0.1) is 40.1 Å². The maximum atomic E-state index is 12.8. The van der Waals surface area contributed by atoms with Crippen molar-refractivity contribution in [2.75, 3.05) is 11.8 Å². The third-order valence-electron chi connectivity index (χ3n) is 5.40. The Kier molecular flexibility index (Phi) is 9.05. The number of nitrogens with one attached hydrogen (secondary N) is 2. The zero-order valence-corrected chi connectivity index (χ0v) is 23.1. The summed E-state index contributed by atoms with van der Waals surface area (Å²) >= 11 is 11.9. The summed E-state index contributed by atoms with van der Waals surface area (Å²) in [4.78, 5) is 25.3. The summed E-state index contributed by atoms with van der Waals surface area (Å²) in [6.07, 6.45) is 1.35. The third-order valence-corrected chi connectivity index (χ3v) is 7.37. The van der Waals surface area contributed by atoms with Gasteiger partial charge in [-0.3, -0.25) is 9.52 Å². The van der Waals surface area contributed by atoms with Gasteiger partial charge in [0, 0.05) is 5.02 Å². The summed E-state index contributed by atoms with van der Waals surface area (Å²) < 4.78 is 38.7. The van der Waals surface area contributed by atoms with Gasteiger partial charge < -0.3 is 9.47 Å². The van der Waals surface area contributed by atoms with Crippen molar-refractivity contribution < 1.29 is 27.5 Å². The van der Waals surface area contributed by atoms with Crippen molar-refractivity contribution >= 4 is 57.0 Å². The SMILES string of the molecule is COc1cc(C=NNC(=O)c2ccccc2NS(=O)(=O)c2ccc(Cl)cc2)ccc1OC(=O)c1ccccc1Cl. The summed E-state index contributed by atoms with van der Waals surface area (Å²) in [5.74, 6) is -0.890. The fraction of sp³-hybridized carbons (Fsp3) is 0.0357. The van der Waals surface area contributed by atoms with Gasteiger partial charge in [0.15, 0.2) is 11.5 Å². The van der Waals surface area contributed by atoms with Crippen LogP contribution in [0.1, 0.15) is 26.3 Å². The van der Waals surface area contributed by atoms with Crippen LogP contribution in [0.5, 0.6) is 11.5 Å². The molecule has 12 heteroatoms. The molecule has 0 radical (unpaired) electrons. The number of halogens is 2. The molecule has 0 saturated carbocycles. The van der Waals surface area contributed by atoms with Crippen LogP contribution < -0.4 is 19.6 Å². The fourth-order valence-electron chi connectivity index (χ4n) is 3.44. The Morgan fingerprint density at radius 1 is 0.850 bits per heavy atom. The van der Waals surface area contributed by atoms with Crippen LogP contribution in [0.15, 0.2) is 101 Å². The van der Waals surface area contributed by atoms with Crippen molar-refractivity contribution in [3.05, 3.63) is 118 Å². The first kappa shape index (κ1) is 28.6. The zero-order valence-electron chi connectivity index (χ0n) is 20.8. The lowest BCUT2D eigenvalue weighted by Gasteiger charge is -2.12. The Bertz CT molecular complexity index is 1690. The average molecular weight is 598 g/mol. The predicted molar refractivity (Wildman–Crippen MR) is 153 cm³/mol. The highest BCUT2D eigenvalue weighted by atomic mass is 35.5. The highest BCUT2D eigenvalue weighted by Gasteiger charge is 2.19. The molecule has 0 unspecified atom stereocenters. The number of amides is 1. The van der Waals surface area contributed by atoms with Gasteiger partial charge in [-0.25, -0.2) is 18.6 Å². The van der Waals surface area contributed by atoms with Gasteiger partial charge in [0.25, 0.3) is 15.9 Å². The van der Waals surface area contributed by atoms with Gasteiger partial charge in [-0.1, -0.05) is 47.5 Å². The highest BCUT2D eigenvalue weighted by Crippen LogP contribution is 2.29. The molecular weight excluding hydrogens is 577 g/mol. The van der Waals surface area contributed by atoms with Gasteiger partial charge in [-0.05, 0) is 72.3 Å². The third kappa shape index (κ3) is 6.97. The van der Waals surface area contributed by atoms with Crippen molar-refractivity contribution in [2.24, 2.45) is 5.10 Å². The Labute approximate surface area is 240 Å². The van der Waals surface area contributed by atoms with E-state index in [0.29, 0.717) is 10.6 Å². The van der Waals surface area contributed by atoms with Crippen LogP contribution in [0.2, 0.25) is 10.0 Å². The number of hydrogen-bond donors (Lipinski definition) is 2. The summed E-state index contributed by atoms with van der Waals surface area (Å²) in [6, 6.07) is 22.9. The van der Waals surface area contributed by atoms with Crippen molar-refractivity contribution in [2.45, 2.75) is 4.90 Å². The van der Waals surface area contributed by atoms with Crippen LogP contribution in [0.4, 0.5) is 5.69 Å². The van der Waals surface area contributed by atoms with Crippen LogP contribution in [0.25, 0.3) is 0 Å². The van der Waals surface area contributed by atoms with Crippen LogP contribution in [-0.4, -0.2) is 33.6 Å². The van der Waals surface area contributed by atoms with Gasteiger partial charge >= 0.3 is 5.97 Å². The summed E-state index contributed by atoms with van der Waals surface area (Å²) in [5, 5.41) is 4.60. The van der Waals surface area contributed by atoms with E-state index >= 15 is 0 Å². The number of nitrogens with zero attached hydrogens (tertiary/aromatic N) is 1. The van der Waals surface area contributed by atoms with E-state index in [2.05, 4.69) is 15.2 Å². The second-order valence-electron chi connectivity index (χ2n) is 8.08. The smallest absolute Gasteiger partial charge is 0.345 e. The number of ether oxygens (including phenoxy) is 2. The molecular formula is C28H21Cl2N3O6S. The number of para-hydroxylation sites is 1. The minimum atomic E-state index is -3.97. The minimum absolute atomic E-state index is 0.0138. The average Bonchev–Trinajstić information content (AvgIpc) is 2.94. The summed E-state index contributed by atoms with van der Waals surface area (Å²) in [7, 11) is -2.56. The number of carbonyl (C=O) groups is 2. The summed E-state index contributed by atoms with van der Waals surface area (Å²) in [5.41, 5.74) is 3.21. The van der Waals surface area contributed by atoms with Gasteiger partial charge in [-0.2, -0.15) is 5.10 Å². The normalized spacial score (nSPS) is 11.2. The largest absolute Gasteiger partial charge is 0.493 e. The lowest BCUT2D eigenvalue weighted by molar-refractivity contribution is 0.0729. The van der Waals surface area contributed by atoms with Gasteiger partial charge in [0.2, 0.25) is 0 Å². The first-order valence-corrected chi connectivity index (χ1v) is 13.8. The maximum Gasteiger partial charge on any atom is 0.345 e. The van der Waals surface area contributed by atoms with E-state index in [1.165, 1.54) is 55.8 Å². The molecule has 2 N–H and O–H groups in total. The fourth-order valence-corrected chi connectivity index (χ4v) is 4.86. The molecule has 204 valence electrons. The molecule has 0 aliphatic carbocycles. The first-order chi connectivity index (χ1) is 19.2. The van der Waals surface area contributed by atoms with Gasteiger partial charge in [-0.15, -0.1) is 0 Å². The molecule has 9 nitrogen and oxygen atoms in total. The molecule has 0 saturated heterocycles. The van der Waals surface area contributed by atoms with E-state index in [9.17, 15) is 18.0 Å². The van der Waals surface area contributed by atoms with Crippen molar-refractivity contribution in [1.29, 1.82) is 0 Å². The van der Waals surface area contributed by atoms with Gasteiger partial charge in [0.1, 0.15) is 0 Å². The van der Waals surface area contributed by atoms with E-state index < -0.39 is 21.9 Å². The molecule has 0 aromatic heterocycles. The lowest BCUT2D eigenvalue weighted by atomic mass is 10.2. The molecule has 0 atom stereocenters. The molecule has 0 aliphatic heterocycles. The minimum Gasteiger partial charge on any atom is -0.493 e. The quantitative estimate of drug-likeness (QED) is 0.109. The van der Waals surface area contributed by atoms with Crippen molar-refractivity contribution in [3.8, 4) is 11.5 Å². The van der Waals surface area contributed by atoms with E-state index in [1.807, 2.05) is 0 Å². The Hall–Kier alpha value is -4.38. The number of esters is 1. The number of methoxy groups -OCH3 is 1. The molecule has 0 bridgehead atoms. The number of hydrazone groups is 1. The van der Waals surface area contributed by atoms with Crippen molar-refractivity contribution in [1.82, 2.24) is 5.43 Å². The van der Waals surface area contributed by atoms with Crippen LogP contribution in [0, 0.1) is 0 Å². The van der Waals surface area contributed by atoms with Crippen LogP contribution in [-0.2, 0) is 10.0 Å². The van der Waals surface area contributed by atoms with Crippen LogP contribution in [0.3, 0.4) is 0 Å². The molecule has 40 heavy (non-hydrogen) atoms. The standard InChI is InChI=1S/C28H21Cl2N3O6S/c1-38-26-16-18(10-15-25(26)39-28(35)21-6-2-4-8-23(21)30)17-31-32-27(34)22-7-3-5-9-24(22)33-40(36,37)20-13-11-19(29)12-14-20/h2-17,33H,1H3,(H,32,34). The first-order valence-electron chi connectivity index (χ1n) is 11.5. The number of benzene rings is 4. The second kappa shape index (κ2) is 12.6. The Morgan fingerprint density at radius 3 is 2.23 bits per heavy atom. The molecule has 0 spiro atoms. The van der Waals surface area contributed by atoms with Crippen molar-refractivity contribution in [3.63, 3.8) is 0 Å². The Morgan fingerprint density at radius 2 is 1.52 bits per heavy atom. The second-order valence-corrected chi connectivity index (χ2v) is 10.6. The van der Waals surface area contributed by atoms with E-state index in [-0.39, 0.29) is 38.2 Å². The molecule has 0 aliphatic rings. The number of carbonyl (C=O) groups excluding carboxylic acids is 2. The van der Waals surface area contributed by atoms with Crippen LogP contribution >= 0.6 is 23.2 Å². The maximum absolute atomic E-state index is 12.8. The summed E-state index contributed by atoms with van der Waals surface area (Å²) in [6.45, 7) is 0. The highest BCUT2D eigenvalue weighted by molar-refractivity contribution is 7.92. The zero-order chi connectivity index (χ0) is 28.7. The molecule has 1 amide bonds. The Balaban J connectivity index is 1.45. The number of rotatable bonds is 9. The molecule has 0 fully saturated rings. The van der Waals surface area contributed by atoms with E-state index in [1.54, 1.807) is 48.5 Å². The molecule has 0 heterocycles. The number of anilines is 1. The lowest BCUT2D eigenvalue weighted by Crippen LogP contribution is -2.21. The molecule has 4 aromatic carbocycles. The van der Waals surface area contributed by atoms with E-state index in [0.717, 1.165) is 0 Å². The molecule has 4 rings (SSSR count). The number of sulfonamides is 1. The topological polar surface area (TPSA) is 123 Å². The number of hydrogen-bond acceptors (Lipinski definition) is 7. The molecule has 4 aromatic rings.